The quantitative estimate of drug-likeness (QED) is 0.485. The van der Waals surface area contributed by atoms with Crippen molar-refractivity contribution in [2.24, 2.45) is 29.1 Å². The van der Waals surface area contributed by atoms with E-state index in [0.717, 1.165) is 21.4 Å². The van der Waals surface area contributed by atoms with E-state index in [1.165, 1.54) is 19.2 Å². The van der Waals surface area contributed by atoms with E-state index in [1.54, 1.807) is 19.1 Å². The van der Waals surface area contributed by atoms with Gasteiger partial charge in [-0.1, -0.05) is 23.3 Å². The number of nitrogens with zero attached hydrogens (tertiary/aromatic N) is 2. The summed E-state index contributed by atoms with van der Waals surface area (Å²) >= 11 is 5.98. The monoisotopic (exact) mass is 526 g/mol. The fourth-order valence-corrected chi connectivity index (χ4v) is 7.15. The molecule has 0 radical (unpaired) electrons. The van der Waals surface area contributed by atoms with Crippen molar-refractivity contribution in [2.45, 2.75) is 32.3 Å². The minimum atomic E-state index is -1.28. The second kappa shape index (κ2) is 8.10. The van der Waals surface area contributed by atoms with Crippen molar-refractivity contribution in [3.63, 3.8) is 0 Å². The third-order valence-electron chi connectivity index (χ3n) is 8.78. The lowest BCUT2D eigenvalue weighted by Crippen LogP contribution is -2.48. The van der Waals surface area contributed by atoms with Gasteiger partial charge in [0.1, 0.15) is 23.9 Å². The van der Waals surface area contributed by atoms with E-state index in [-0.39, 0.29) is 35.6 Å². The summed E-state index contributed by atoms with van der Waals surface area (Å²) in [6.07, 6.45) is 2.46. The van der Waals surface area contributed by atoms with Gasteiger partial charge in [0.05, 0.1) is 39.8 Å². The normalized spacial score (nSPS) is 33.0. The molecule has 37 heavy (non-hydrogen) atoms. The molecule has 3 heterocycles. The summed E-state index contributed by atoms with van der Waals surface area (Å²) < 4.78 is 19.8. The average Bonchev–Trinajstić information content (AvgIpc) is 3.49. The summed E-state index contributed by atoms with van der Waals surface area (Å²) in [7, 11) is 1.47. The largest absolute Gasteiger partial charge is 0.463 e. The predicted molar refractivity (Wildman–Crippen MR) is 128 cm³/mol. The molecule has 192 valence electrons. The fraction of sp³-hybridized carbons (Fsp3) is 0.407. The predicted octanol–water partition coefficient (Wildman–Crippen LogP) is 3.42. The van der Waals surface area contributed by atoms with E-state index in [0.29, 0.717) is 17.9 Å². The van der Waals surface area contributed by atoms with Crippen LogP contribution < -0.4 is 4.90 Å². The summed E-state index contributed by atoms with van der Waals surface area (Å²) in [6.45, 7) is 1.37. The first-order valence-electron chi connectivity index (χ1n) is 12.1. The lowest BCUT2D eigenvalue weighted by Gasteiger charge is -2.48. The number of aliphatic hydroxyl groups excluding tert-OH is 1. The van der Waals surface area contributed by atoms with E-state index >= 15 is 0 Å². The molecule has 2 aromatic rings. The van der Waals surface area contributed by atoms with Gasteiger partial charge in [-0.25, -0.2) is 9.29 Å². The number of furan rings is 1. The van der Waals surface area contributed by atoms with E-state index in [4.69, 9.17) is 16.0 Å². The Morgan fingerprint density at radius 1 is 1.11 bits per heavy atom. The zero-order chi connectivity index (χ0) is 26.4. The number of fused-ring (bicyclic) bond motifs is 4. The number of hydrogen-bond donors (Lipinski definition) is 1. The molecule has 4 aliphatic rings. The van der Waals surface area contributed by atoms with Gasteiger partial charge in [0.2, 0.25) is 23.6 Å². The van der Waals surface area contributed by atoms with Crippen LogP contribution in [0.4, 0.5) is 10.1 Å². The number of rotatable bonds is 3. The van der Waals surface area contributed by atoms with Crippen LogP contribution in [-0.2, 0) is 25.8 Å². The Balaban J connectivity index is 1.52. The molecule has 3 fully saturated rings. The van der Waals surface area contributed by atoms with Crippen LogP contribution in [0.15, 0.2) is 46.4 Å². The maximum absolute atomic E-state index is 14.1. The molecule has 6 rings (SSSR count). The molecule has 2 aliphatic heterocycles. The summed E-state index contributed by atoms with van der Waals surface area (Å²) in [5.74, 6) is -4.58. The minimum absolute atomic E-state index is 0.160. The number of hydrogen-bond acceptors (Lipinski definition) is 6. The van der Waals surface area contributed by atoms with Crippen LogP contribution in [0, 0.1) is 34.9 Å². The first-order chi connectivity index (χ1) is 17.6. The highest BCUT2D eigenvalue weighted by molar-refractivity contribution is 6.31. The van der Waals surface area contributed by atoms with Crippen molar-refractivity contribution in [2.75, 3.05) is 11.9 Å². The van der Waals surface area contributed by atoms with Crippen LogP contribution in [0.1, 0.15) is 37.2 Å². The van der Waals surface area contributed by atoms with E-state index in [2.05, 4.69) is 0 Å². The molecule has 2 aliphatic carbocycles. The smallest absolute Gasteiger partial charge is 0.241 e. The molecule has 1 saturated carbocycles. The fourth-order valence-electron chi connectivity index (χ4n) is 6.98. The van der Waals surface area contributed by atoms with Crippen molar-refractivity contribution < 1.29 is 33.1 Å². The lowest BCUT2D eigenvalue weighted by molar-refractivity contribution is -0.139. The summed E-state index contributed by atoms with van der Waals surface area (Å²) in [6, 6.07) is 6.97. The molecular weight excluding hydrogens is 503 g/mol. The summed E-state index contributed by atoms with van der Waals surface area (Å²) in [5, 5.41) is 9.40. The van der Waals surface area contributed by atoms with Crippen LogP contribution in [0.25, 0.3) is 0 Å². The van der Waals surface area contributed by atoms with Gasteiger partial charge in [-0.3, -0.25) is 24.1 Å². The van der Waals surface area contributed by atoms with Crippen molar-refractivity contribution in [3.8, 4) is 0 Å². The SMILES string of the molecule is CN1C(=O)[C@H]2[C@H](CC=C3[C@H]2C[C@H]2C(=O)N(c4ccc(F)c(Cl)c4)C(=O)[C@@]2(C)[C@H]3c2ccc(CO)o2)C1=O. The Hall–Kier alpha value is -3.30. The number of amides is 4. The third kappa shape index (κ3) is 3.10. The van der Waals surface area contributed by atoms with E-state index < -0.39 is 52.6 Å². The molecule has 4 amide bonds. The van der Waals surface area contributed by atoms with Crippen LogP contribution in [-0.4, -0.2) is 40.7 Å². The number of halogens is 2. The average molecular weight is 527 g/mol. The number of allylic oxidation sites excluding steroid dienone is 2. The Morgan fingerprint density at radius 2 is 1.86 bits per heavy atom. The number of anilines is 1. The topological polar surface area (TPSA) is 108 Å². The highest BCUT2D eigenvalue weighted by atomic mass is 35.5. The van der Waals surface area contributed by atoms with E-state index in [9.17, 15) is 28.7 Å². The Bertz CT molecular complexity index is 1420. The number of benzene rings is 1. The molecule has 6 atom stereocenters. The molecule has 2 saturated heterocycles. The Morgan fingerprint density at radius 3 is 2.54 bits per heavy atom. The molecular formula is C27H24ClFN2O6. The van der Waals surface area contributed by atoms with Gasteiger partial charge in [0.15, 0.2) is 0 Å². The van der Waals surface area contributed by atoms with Gasteiger partial charge in [-0.15, -0.1) is 0 Å². The van der Waals surface area contributed by atoms with Gasteiger partial charge in [-0.2, -0.15) is 0 Å². The van der Waals surface area contributed by atoms with Crippen LogP contribution in [0.3, 0.4) is 0 Å². The second-order valence-electron chi connectivity index (χ2n) is 10.5. The van der Waals surface area contributed by atoms with Gasteiger partial charge < -0.3 is 9.52 Å². The number of aliphatic hydroxyl groups is 1. The molecule has 0 unspecified atom stereocenters. The van der Waals surface area contributed by atoms with Crippen LogP contribution in [0.2, 0.25) is 5.02 Å². The van der Waals surface area contributed by atoms with Crippen LogP contribution >= 0.6 is 11.6 Å². The maximum atomic E-state index is 14.1. The number of carbonyl (C=O) groups excluding carboxylic acids is 4. The zero-order valence-corrected chi connectivity index (χ0v) is 20.9. The van der Waals surface area contributed by atoms with Crippen molar-refractivity contribution >= 4 is 40.9 Å². The number of carbonyl (C=O) groups is 4. The summed E-state index contributed by atoms with van der Waals surface area (Å²) in [4.78, 5) is 56.2. The van der Waals surface area contributed by atoms with Crippen molar-refractivity contribution in [1.29, 1.82) is 0 Å². The molecule has 8 nitrogen and oxygen atoms in total. The Labute approximate surface area is 216 Å². The first kappa shape index (κ1) is 24.1. The van der Waals surface area contributed by atoms with Crippen LogP contribution in [0.5, 0.6) is 0 Å². The van der Waals surface area contributed by atoms with Gasteiger partial charge >= 0.3 is 0 Å². The highest BCUT2D eigenvalue weighted by Gasteiger charge is 2.68. The van der Waals surface area contributed by atoms with Crippen molar-refractivity contribution in [1.82, 2.24) is 4.90 Å². The molecule has 10 heteroatoms. The maximum Gasteiger partial charge on any atom is 0.241 e. The van der Waals surface area contributed by atoms with Gasteiger partial charge in [0, 0.05) is 7.05 Å². The number of imide groups is 2. The highest BCUT2D eigenvalue weighted by Crippen LogP contribution is 2.63. The molecule has 0 spiro atoms. The first-order valence-corrected chi connectivity index (χ1v) is 12.5. The third-order valence-corrected chi connectivity index (χ3v) is 9.07. The summed E-state index contributed by atoms with van der Waals surface area (Å²) in [5.41, 5.74) is -0.335. The standard InChI is InChI=1S/C27H24ClFN2O6/c1-27-17(24(34)31(26(27)36)12-3-7-19(29)18(28)9-12)10-16-14(22(27)20-8-4-13(11-32)37-20)5-6-15-21(16)25(35)30(2)23(15)33/h3-5,7-9,15-17,21-22,32H,6,10-11H2,1-2H3/t15-,16+,17-,21-,22+,27+/m0/s1. The van der Waals surface area contributed by atoms with E-state index in [1.807, 2.05) is 6.08 Å². The lowest BCUT2D eigenvalue weighted by atomic mass is 9.52. The Kier molecular flexibility index (Phi) is 5.27. The van der Waals surface area contributed by atoms with Gasteiger partial charge in [-0.05, 0) is 56.0 Å². The minimum Gasteiger partial charge on any atom is -0.463 e. The second-order valence-corrected chi connectivity index (χ2v) is 10.9. The van der Waals surface area contributed by atoms with Crippen molar-refractivity contribution in [3.05, 3.63) is 64.3 Å². The zero-order valence-electron chi connectivity index (χ0n) is 20.1. The molecule has 0 bridgehead atoms. The van der Waals surface area contributed by atoms with Gasteiger partial charge in [0.25, 0.3) is 0 Å². The molecule has 1 aromatic carbocycles. The molecule has 1 aromatic heterocycles. The number of likely N-dealkylation sites (tertiary alicyclic amines) is 1. The molecule has 1 N–H and O–H groups in total.